The molecular weight excluding hydrogens is 227 g/mol. The Morgan fingerprint density at radius 2 is 2.19 bits per heavy atom. The molecule has 0 aromatic heterocycles. The van der Waals surface area contributed by atoms with Crippen LogP contribution in [0.3, 0.4) is 0 Å². The molecule has 1 N–H and O–H groups in total. The number of hydrogen-bond acceptors (Lipinski definition) is 1. The van der Waals surface area contributed by atoms with Gasteiger partial charge >= 0.3 is 0 Å². The molecule has 88 valence electrons. The Kier molecular flexibility index (Phi) is 3.22. The molecule has 0 heterocycles. The number of rotatable bonds is 4. The Morgan fingerprint density at radius 3 is 2.75 bits per heavy atom. The maximum absolute atomic E-state index is 13.3. The van der Waals surface area contributed by atoms with Crippen LogP contribution in [-0.4, -0.2) is 10.7 Å². The van der Waals surface area contributed by atoms with Crippen molar-refractivity contribution in [2.45, 2.75) is 38.2 Å². The maximum Gasteiger partial charge on any atom is 0.142 e. The summed E-state index contributed by atoms with van der Waals surface area (Å²) in [5.41, 5.74) is -0.00448. The quantitative estimate of drug-likeness (QED) is 0.856. The summed E-state index contributed by atoms with van der Waals surface area (Å²) in [7, 11) is 0. The van der Waals surface area contributed by atoms with E-state index in [1.807, 2.05) is 6.92 Å². The first-order chi connectivity index (χ1) is 7.57. The van der Waals surface area contributed by atoms with Crippen molar-refractivity contribution in [3.05, 3.63) is 34.6 Å². The first-order valence-electron chi connectivity index (χ1n) is 5.72. The van der Waals surface area contributed by atoms with Crippen molar-refractivity contribution < 1.29 is 9.50 Å². The van der Waals surface area contributed by atoms with E-state index in [9.17, 15) is 9.50 Å². The fraction of sp³-hybridized carbons (Fsp3) is 0.538. The van der Waals surface area contributed by atoms with Crippen molar-refractivity contribution in [1.82, 2.24) is 0 Å². The topological polar surface area (TPSA) is 20.2 Å². The molecule has 0 amide bonds. The van der Waals surface area contributed by atoms with Gasteiger partial charge in [-0.1, -0.05) is 30.7 Å². The molecular formula is C13H16ClFO. The minimum atomic E-state index is -0.711. The fourth-order valence-electron chi connectivity index (χ4n) is 2.19. The van der Waals surface area contributed by atoms with Gasteiger partial charge in [-0.25, -0.2) is 4.39 Å². The molecule has 1 nitrogen and oxygen atoms in total. The second-order valence-corrected chi connectivity index (χ2v) is 5.00. The van der Waals surface area contributed by atoms with Crippen molar-refractivity contribution in [1.29, 1.82) is 0 Å². The zero-order chi connectivity index (χ0) is 11.8. The van der Waals surface area contributed by atoms with Crippen molar-refractivity contribution in [3.8, 4) is 0 Å². The second kappa shape index (κ2) is 4.34. The lowest BCUT2D eigenvalue weighted by Gasteiger charge is -2.27. The van der Waals surface area contributed by atoms with E-state index < -0.39 is 11.4 Å². The summed E-state index contributed by atoms with van der Waals surface area (Å²) in [6, 6.07) is 4.77. The van der Waals surface area contributed by atoms with Crippen LogP contribution in [0.5, 0.6) is 0 Å². The van der Waals surface area contributed by atoms with Gasteiger partial charge in [-0.2, -0.15) is 0 Å². The molecule has 16 heavy (non-hydrogen) atoms. The third-order valence-electron chi connectivity index (χ3n) is 3.48. The summed E-state index contributed by atoms with van der Waals surface area (Å²) >= 11 is 5.90. The van der Waals surface area contributed by atoms with Crippen LogP contribution in [0, 0.1) is 11.7 Å². The molecule has 0 spiro atoms. The Morgan fingerprint density at radius 1 is 1.50 bits per heavy atom. The predicted molar refractivity (Wildman–Crippen MR) is 63.1 cm³/mol. The van der Waals surface area contributed by atoms with Crippen LogP contribution < -0.4 is 0 Å². The van der Waals surface area contributed by atoms with Crippen LogP contribution >= 0.6 is 11.6 Å². The van der Waals surface area contributed by atoms with E-state index in [0.717, 1.165) is 12.8 Å². The van der Waals surface area contributed by atoms with E-state index in [-0.39, 0.29) is 5.02 Å². The molecule has 0 bridgehead atoms. The highest BCUT2D eigenvalue weighted by atomic mass is 35.5. The number of benzene rings is 1. The van der Waals surface area contributed by atoms with E-state index in [0.29, 0.717) is 24.3 Å². The molecule has 0 saturated heterocycles. The van der Waals surface area contributed by atoms with Gasteiger partial charge in [0.25, 0.3) is 0 Å². The van der Waals surface area contributed by atoms with Gasteiger partial charge in [-0.15, -0.1) is 0 Å². The molecule has 1 saturated carbocycles. The van der Waals surface area contributed by atoms with Crippen molar-refractivity contribution >= 4 is 11.6 Å². The summed E-state index contributed by atoms with van der Waals surface area (Å²) < 4.78 is 13.3. The third kappa shape index (κ3) is 2.23. The minimum absolute atomic E-state index is 0.148. The average Bonchev–Trinajstić information content (AvgIpc) is 3.08. The first-order valence-corrected chi connectivity index (χ1v) is 6.10. The van der Waals surface area contributed by atoms with E-state index in [4.69, 9.17) is 11.6 Å². The Balaban J connectivity index is 2.22. The van der Waals surface area contributed by atoms with Gasteiger partial charge in [0.05, 0.1) is 10.6 Å². The molecule has 2 rings (SSSR count). The largest absolute Gasteiger partial charge is 0.389 e. The molecule has 1 aliphatic carbocycles. The first kappa shape index (κ1) is 11.9. The van der Waals surface area contributed by atoms with Gasteiger partial charge in [0.1, 0.15) is 5.82 Å². The summed E-state index contributed by atoms with van der Waals surface area (Å²) in [6.07, 6.45) is 3.27. The van der Waals surface area contributed by atoms with E-state index in [1.54, 1.807) is 12.1 Å². The Hall–Kier alpha value is -0.600. The number of hydrogen-bond donors (Lipinski definition) is 1. The van der Waals surface area contributed by atoms with Gasteiger partial charge in [0, 0.05) is 6.42 Å². The van der Waals surface area contributed by atoms with Crippen LogP contribution in [-0.2, 0) is 6.42 Å². The zero-order valence-corrected chi connectivity index (χ0v) is 10.1. The monoisotopic (exact) mass is 242 g/mol. The smallest absolute Gasteiger partial charge is 0.142 e. The molecule has 1 aromatic rings. The summed E-state index contributed by atoms with van der Waals surface area (Å²) in [6.45, 7) is 1.96. The van der Waals surface area contributed by atoms with Crippen molar-refractivity contribution in [2.75, 3.05) is 0 Å². The average molecular weight is 243 g/mol. The molecule has 0 radical (unpaired) electrons. The molecule has 3 heteroatoms. The van der Waals surface area contributed by atoms with Gasteiger partial charge in [0.15, 0.2) is 0 Å². The van der Waals surface area contributed by atoms with E-state index >= 15 is 0 Å². The van der Waals surface area contributed by atoms with Crippen molar-refractivity contribution in [2.24, 2.45) is 5.92 Å². The fourth-order valence-corrected chi connectivity index (χ4v) is 2.39. The highest BCUT2D eigenvalue weighted by Crippen LogP contribution is 2.44. The van der Waals surface area contributed by atoms with Gasteiger partial charge in [0.2, 0.25) is 0 Å². The van der Waals surface area contributed by atoms with Crippen LogP contribution in [0.25, 0.3) is 0 Å². The number of aliphatic hydroxyl groups is 1. The van der Waals surface area contributed by atoms with Gasteiger partial charge < -0.3 is 5.11 Å². The van der Waals surface area contributed by atoms with Crippen LogP contribution in [0.4, 0.5) is 4.39 Å². The highest BCUT2D eigenvalue weighted by Gasteiger charge is 2.42. The molecule has 1 fully saturated rings. The lowest BCUT2D eigenvalue weighted by molar-refractivity contribution is 0.0139. The number of halogens is 2. The summed E-state index contributed by atoms with van der Waals surface area (Å²) in [4.78, 5) is 0. The lowest BCUT2D eigenvalue weighted by atomic mass is 9.87. The molecule has 1 aromatic carbocycles. The van der Waals surface area contributed by atoms with Gasteiger partial charge in [-0.3, -0.25) is 0 Å². The van der Waals surface area contributed by atoms with Crippen LogP contribution in [0.2, 0.25) is 5.02 Å². The molecule has 1 aliphatic rings. The molecule has 0 aliphatic heterocycles. The van der Waals surface area contributed by atoms with E-state index in [2.05, 4.69) is 0 Å². The van der Waals surface area contributed by atoms with Crippen LogP contribution in [0.1, 0.15) is 31.7 Å². The second-order valence-electron chi connectivity index (χ2n) is 4.62. The Labute approximate surface area is 100 Å². The SMILES string of the molecule is CCC(O)(Cc1cccc(F)c1Cl)C1CC1. The summed E-state index contributed by atoms with van der Waals surface area (Å²) in [5.74, 6) is -0.0507. The van der Waals surface area contributed by atoms with E-state index in [1.165, 1.54) is 6.07 Å². The third-order valence-corrected chi connectivity index (χ3v) is 3.90. The van der Waals surface area contributed by atoms with Crippen LogP contribution in [0.15, 0.2) is 18.2 Å². The lowest BCUT2D eigenvalue weighted by Crippen LogP contribution is -2.33. The van der Waals surface area contributed by atoms with Crippen molar-refractivity contribution in [3.63, 3.8) is 0 Å². The Bertz CT molecular complexity index is 390. The standard InChI is InChI=1S/C13H16ClFO/c1-2-13(16,10-6-7-10)8-9-4-3-5-11(15)12(9)14/h3-5,10,16H,2,6-8H2,1H3. The normalized spacial score (nSPS) is 19.5. The highest BCUT2D eigenvalue weighted by molar-refractivity contribution is 6.31. The van der Waals surface area contributed by atoms with Gasteiger partial charge in [-0.05, 0) is 36.8 Å². The maximum atomic E-state index is 13.3. The zero-order valence-electron chi connectivity index (χ0n) is 9.34. The molecule has 1 atom stereocenters. The minimum Gasteiger partial charge on any atom is -0.389 e. The predicted octanol–water partition coefficient (Wildman–Crippen LogP) is 3.57. The molecule has 1 unspecified atom stereocenters. The summed E-state index contributed by atoms with van der Waals surface area (Å²) in [5, 5.41) is 10.6.